The van der Waals surface area contributed by atoms with Crippen LogP contribution in [0.3, 0.4) is 0 Å². The summed E-state index contributed by atoms with van der Waals surface area (Å²) in [6.07, 6.45) is 1.70. The van der Waals surface area contributed by atoms with E-state index in [0.717, 1.165) is 22.0 Å². The molecule has 0 unspecified atom stereocenters. The Balaban J connectivity index is 1.40. The van der Waals surface area contributed by atoms with Crippen LogP contribution in [0.25, 0.3) is 10.8 Å². The summed E-state index contributed by atoms with van der Waals surface area (Å²) in [5.41, 5.74) is 5.06. The highest BCUT2D eigenvalue weighted by atomic mass is 31.2. The lowest BCUT2D eigenvalue weighted by Crippen LogP contribution is -2.23. The van der Waals surface area contributed by atoms with E-state index in [1.807, 2.05) is 54.6 Å². The summed E-state index contributed by atoms with van der Waals surface area (Å²) in [7, 11) is -1.20. The van der Waals surface area contributed by atoms with Crippen LogP contribution in [0.1, 0.15) is 37.5 Å². The van der Waals surface area contributed by atoms with Gasteiger partial charge in [0.2, 0.25) is 0 Å². The Morgan fingerprint density at radius 1 is 0.826 bits per heavy atom. The third-order valence-corrected chi connectivity index (χ3v) is 9.05. The minimum Gasteiger partial charge on any atom is -0.494 e. The second-order valence-corrected chi connectivity index (χ2v) is 16.1. The molecule has 0 radical (unpaired) electrons. The summed E-state index contributed by atoms with van der Waals surface area (Å²) in [5, 5.41) is 11.5. The average molecular weight is 637 g/mol. The number of nitrogens with zero attached hydrogens (tertiary/aromatic N) is 1. The van der Waals surface area contributed by atoms with Gasteiger partial charge < -0.3 is 30.0 Å². The number of hydrogen-bond acceptors (Lipinski definition) is 6. The molecule has 3 N–H and O–H groups in total. The Kier molecular flexibility index (Phi) is 9.13. The van der Waals surface area contributed by atoms with Crippen molar-refractivity contribution in [2.75, 3.05) is 36.4 Å². The van der Waals surface area contributed by atoms with Crippen LogP contribution in [-0.2, 0) is 9.98 Å². The number of carbonyl (C=O) groups is 1. The van der Waals surface area contributed by atoms with Crippen molar-refractivity contribution in [2.24, 2.45) is 0 Å². The van der Waals surface area contributed by atoms with E-state index < -0.39 is 13.2 Å². The van der Waals surface area contributed by atoms with Gasteiger partial charge >= 0.3 is 6.03 Å². The van der Waals surface area contributed by atoms with Gasteiger partial charge in [0, 0.05) is 28.7 Å². The van der Waals surface area contributed by atoms with Crippen LogP contribution >= 0.6 is 7.14 Å². The molecule has 8 nitrogen and oxygen atoms in total. The molecule has 0 atom stereocenters. The van der Waals surface area contributed by atoms with Crippen molar-refractivity contribution >= 4 is 52.1 Å². The molecule has 0 aliphatic carbocycles. The number of anilines is 4. The molecule has 2 amide bonds. The first-order chi connectivity index (χ1) is 21.7. The van der Waals surface area contributed by atoms with Crippen LogP contribution in [0.5, 0.6) is 17.2 Å². The Hall–Kier alpha value is -4.81. The number of urea groups is 1. The molecule has 0 saturated carbocycles. The minimum absolute atomic E-state index is 0.236. The van der Waals surface area contributed by atoms with E-state index in [0.29, 0.717) is 39.7 Å². The van der Waals surface area contributed by atoms with Crippen molar-refractivity contribution in [3.05, 3.63) is 102 Å². The highest BCUT2D eigenvalue weighted by Crippen LogP contribution is 2.43. The number of carbonyl (C=O) groups excluding carboxylic acids is 1. The predicted molar refractivity (Wildman–Crippen MR) is 191 cm³/mol. The molecule has 0 bridgehead atoms. The van der Waals surface area contributed by atoms with Crippen LogP contribution in [-0.4, -0.2) is 31.5 Å². The highest BCUT2D eigenvalue weighted by molar-refractivity contribution is 7.70. The number of nitrogens with one attached hydrogen (secondary N) is 3. The van der Waals surface area contributed by atoms with Gasteiger partial charge in [0.25, 0.3) is 0 Å². The topological polar surface area (TPSA) is 102 Å². The highest BCUT2D eigenvalue weighted by Gasteiger charge is 2.26. The van der Waals surface area contributed by atoms with Gasteiger partial charge in [-0.1, -0.05) is 51.1 Å². The van der Waals surface area contributed by atoms with Gasteiger partial charge in [-0.05, 0) is 91.7 Å². The van der Waals surface area contributed by atoms with Crippen LogP contribution in [0.2, 0.25) is 0 Å². The van der Waals surface area contributed by atoms with Gasteiger partial charge in [-0.25, -0.2) is 9.78 Å². The van der Waals surface area contributed by atoms with Crippen LogP contribution in [0, 0.1) is 13.8 Å². The van der Waals surface area contributed by atoms with Gasteiger partial charge in [0.1, 0.15) is 24.5 Å². The van der Waals surface area contributed by atoms with E-state index in [1.54, 1.807) is 25.6 Å². The van der Waals surface area contributed by atoms with Crippen molar-refractivity contribution in [3.8, 4) is 17.2 Å². The smallest absolute Gasteiger partial charge is 0.323 e. The third-order valence-electron chi connectivity index (χ3n) is 7.55. The molecule has 0 fully saturated rings. The van der Waals surface area contributed by atoms with E-state index in [1.165, 1.54) is 18.2 Å². The lowest BCUT2D eigenvalue weighted by atomic mass is 9.86. The zero-order valence-corrected chi connectivity index (χ0v) is 28.5. The fourth-order valence-electron chi connectivity index (χ4n) is 5.36. The van der Waals surface area contributed by atoms with E-state index in [9.17, 15) is 9.36 Å². The van der Waals surface area contributed by atoms with E-state index in [4.69, 9.17) is 9.47 Å². The fourth-order valence-corrected chi connectivity index (χ4v) is 6.51. The van der Waals surface area contributed by atoms with Gasteiger partial charge in [0.05, 0.1) is 23.8 Å². The van der Waals surface area contributed by atoms with Gasteiger partial charge in [0.15, 0.2) is 5.75 Å². The summed E-state index contributed by atoms with van der Waals surface area (Å²) in [6, 6.07) is 24.6. The van der Waals surface area contributed by atoms with Crippen LogP contribution in [0.15, 0.2) is 85.1 Å². The SMILES string of the molecule is COc1c(NC(=O)Nc2ccc(Oc3ccnc(Nc4cc(C)cc(C)c4)c3)c3ccccc23)cc(C(C)(C)C)cc1P(C)(C)=O. The first-order valence-electron chi connectivity index (χ1n) is 15.1. The maximum atomic E-state index is 13.4. The Morgan fingerprint density at radius 2 is 1.50 bits per heavy atom. The second-order valence-electron chi connectivity index (χ2n) is 12.9. The first kappa shape index (κ1) is 32.6. The zero-order valence-electron chi connectivity index (χ0n) is 27.6. The van der Waals surface area contributed by atoms with E-state index >= 15 is 0 Å². The van der Waals surface area contributed by atoms with Gasteiger partial charge in [-0.2, -0.15) is 0 Å². The van der Waals surface area contributed by atoms with Crippen molar-refractivity contribution < 1.29 is 18.8 Å². The number of pyridine rings is 1. The largest absolute Gasteiger partial charge is 0.494 e. The average Bonchev–Trinajstić information content (AvgIpc) is 2.97. The second kappa shape index (κ2) is 12.9. The lowest BCUT2D eigenvalue weighted by Gasteiger charge is -2.25. The number of methoxy groups -OCH3 is 1. The number of hydrogen-bond donors (Lipinski definition) is 3. The standard InChI is InChI=1S/C37H41N4O4P/c1-23-17-24(2)19-26(18-23)39-34-22-27(15-16-38-34)45-32-14-13-30(28-11-9-10-12-29(28)32)40-36(42)41-31-20-25(37(3,4)5)21-33(35(31)44-6)46(7,8)43/h9-22H,1-8H3,(H,38,39)(H2,40,41,42). The molecule has 1 aromatic heterocycles. The third kappa shape index (κ3) is 7.52. The molecule has 0 saturated heterocycles. The lowest BCUT2D eigenvalue weighted by molar-refractivity contribution is 0.262. The Bertz CT molecular complexity index is 1960. The number of aryl methyl sites for hydroxylation is 2. The number of fused-ring (bicyclic) bond motifs is 1. The fraction of sp³-hybridized carbons (Fsp3) is 0.243. The van der Waals surface area contributed by atoms with Gasteiger partial charge in [-0.15, -0.1) is 0 Å². The van der Waals surface area contributed by atoms with Crippen molar-refractivity contribution in [1.29, 1.82) is 0 Å². The number of aromatic nitrogens is 1. The molecule has 0 aliphatic rings. The zero-order chi connectivity index (χ0) is 33.2. The summed E-state index contributed by atoms with van der Waals surface area (Å²) >= 11 is 0. The van der Waals surface area contributed by atoms with E-state index in [2.05, 4.69) is 73.8 Å². The van der Waals surface area contributed by atoms with Crippen LogP contribution < -0.4 is 30.7 Å². The maximum Gasteiger partial charge on any atom is 0.323 e. The Morgan fingerprint density at radius 3 is 2.15 bits per heavy atom. The monoisotopic (exact) mass is 636 g/mol. The molecule has 9 heteroatoms. The number of rotatable bonds is 8. The van der Waals surface area contributed by atoms with Crippen molar-refractivity contribution in [3.63, 3.8) is 0 Å². The quantitative estimate of drug-likeness (QED) is 0.147. The van der Waals surface area contributed by atoms with Crippen molar-refractivity contribution in [1.82, 2.24) is 4.98 Å². The molecular formula is C37H41N4O4P. The number of amides is 2. The summed E-state index contributed by atoms with van der Waals surface area (Å²) in [6.45, 7) is 13.7. The van der Waals surface area contributed by atoms with Crippen LogP contribution in [0.4, 0.5) is 27.7 Å². The molecule has 0 spiro atoms. The summed E-state index contributed by atoms with van der Waals surface area (Å²) < 4.78 is 25.2. The molecule has 5 rings (SSSR count). The molecule has 238 valence electrons. The molecule has 0 aliphatic heterocycles. The first-order valence-corrected chi connectivity index (χ1v) is 17.7. The minimum atomic E-state index is -2.72. The molecule has 46 heavy (non-hydrogen) atoms. The Labute approximate surface area is 270 Å². The normalized spacial score (nSPS) is 11.7. The summed E-state index contributed by atoms with van der Waals surface area (Å²) in [4.78, 5) is 17.9. The number of benzene rings is 4. The van der Waals surface area contributed by atoms with Gasteiger partial charge in [-0.3, -0.25) is 0 Å². The maximum absolute atomic E-state index is 13.4. The number of ether oxygens (including phenoxy) is 2. The van der Waals surface area contributed by atoms with Crippen molar-refractivity contribution in [2.45, 2.75) is 40.0 Å². The molecule has 1 heterocycles. The predicted octanol–water partition coefficient (Wildman–Crippen LogP) is 9.59. The van der Waals surface area contributed by atoms with E-state index in [-0.39, 0.29) is 5.41 Å². The molecular weight excluding hydrogens is 595 g/mol. The molecule has 5 aromatic rings. The molecule has 4 aromatic carbocycles. The summed E-state index contributed by atoms with van der Waals surface area (Å²) in [5.74, 6) is 2.32.